The fraction of sp³-hybridized carbons (Fsp3) is 0.429. The highest BCUT2D eigenvalue weighted by Gasteiger charge is 2.40. The van der Waals surface area contributed by atoms with Crippen LogP contribution in [0.15, 0.2) is 29.2 Å². The van der Waals surface area contributed by atoms with E-state index < -0.39 is 33.1 Å². The zero-order valence-electron chi connectivity index (χ0n) is 13.3. The van der Waals surface area contributed by atoms with Gasteiger partial charge in [0.25, 0.3) is 5.69 Å². The van der Waals surface area contributed by atoms with Crippen LogP contribution in [0.5, 0.6) is 0 Å². The molecule has 0 unspecified atom stereocenters. The monoisotopic (exact) mass is 368 g/mol. The molecule has 1 aromatic rings. The molecular weight excluding hydrogens is 352 g/mol. The van der Waals surface area contributed by atoms with Crippen LogP contribution in [0.3, 0.4) is 0 Å². The van der Waals surface area contributed by atoms with Gasteiger partial charge in [-0.3, -0.25) is 15.0 Å². The van der Waals surface area contributed by atoms with Crippen molar-refractivity contribution in [3.05, 3.63) is 34.4 Å². The predicted molar refractivity (Wildman–Crippen MR) is 85.2 cm³/mol. The Morgan fingerprint density at radius 2 is 2.00 bits per heavy atom. The number of hydrogen-bond donors (Lipinski definition) is 1. The highest BCUT2D eigenvalue weighted by atomic mass is 32.2. The molecule has 0 aliphatic carbocycles. The highest BCUT2D eigenvalue weighted by Crippen LogP contribution is 2.25. The number of benzene rings is 1. The van der Waals surface area contributed by atoms with Crippen molar-refractivity contribution in [2.24, 2.45) is 0 Å². The van der Waals surface area contributed by atoms with Crippen LogP contribution < -0.4 is 0 Å². The Labute approximate surface area is 144 Å². The van der Waals surface area contributed by atoms with Gasteiger partial charge in [-0.15, -0.1) is 0 Å². The van der Waals surface area contributed by atoms with Crippen molar-refractivity contribution in [1.82, 2.24) is 9.21 Å². The van der Waals surface area contributed by atoms with Gasteiger partial charge in [0, 0.05) is 31.3 Å². The first-order valence-corrected chi connectivity index (χ1v) is 8.75. The highest BCUT2D eigenvalue weighted by molar-refractivity contribution is 7.89. The normalized spacial score (nSPS) is 21.5. The number of sulfonamides is 1. The second kappa shape index (κ2) is 7.04. The summed E-state index contributed by atoms with van der Waals surface area (Å²) in [6.07, 6.45) is -1.34. The number of nitriles is 1. The first kappa shape index (κ1) is 18.6. The first-order chi connectivity index (χ1) is 11.7. The lowest BCUT2D eigenvalue weighted by atomic mass is 10.1. The van der Waals surface area contributed by atoms with E-state index in [1.807, 2.05) is 6.07 Å². The second-order valence-corrected chi connectivity index (χ2v) is 7.57. The minimum Gasteiger partial charge on any atom is -0.465 e. The molecule has 0 aromatic heterocycles. The zero-order valence-corrected chi connectivity index (χ0v) is 14.1. The molecule has 1 heterocycles. The molecule has 0 radical (unpaired) electrons. The van der Waals surface area contributed by atoms with Crippen molar-refractivity contribution in [2.75, 3.05) is 13.1 Å². The number of piperazine rings is 1. The molecule has 1 amide bonds. The molecule has 1 aliphatic rings. The van der Waals surface area contributed by atoms with Crippen LogP contribution in [0.2, 0.25) is 0 Å². The summed E-state index contributed by atoms with van der Waals surface area (Å²) in [5, 5.41) is 28.8. The van der Waals surface area contributed by atoms with E-state index in [1.165, 1.54) is 0 Å². The van der Waals surface area contributed by atoms with Crippen molar-refractivity contribution in [1.29, 1.82) is 5.26 Å². The van der Waals surface area contributed by atoms with Gasteiger partial charge in [0.1, 0.15) is 0 Å². The van der Waals surface area contributed by atoms with Gasteiger partial charge in [-0.25, -0.2) is 13.2 Å². The van der Waals surface area contributed by atoms with Gasteiger partial charge in [0.2, 0.25) is 10.0 Å². The summed E-state index contributed by atoms with van der Waals surface area (Å²) < 4.78 is 26.6. The smallest absolute Gasteiger partial charge is 0.407 e. The molecule has 25 heavy (non-hydrogen) atoms. The molecule has 1 aromatic carbocycles. The van der Waals surface area contributed by atoms with E-state index in [0.29, 0.717) is 0 Å². The molecule has 134 valence electrons. The molecule has 1 saturated heterocycles. The number of nitro benzene ring substituents is 1. The van der Waals surface area contributed by atoms with Crippen molar-refractivity contribution < 1.29 is 23.2 Å². The average Bonchev–Trinajstić information content (AvgIpc) is 2.54. The molecule has 0 spiro atoms. The van der Waals surface area contributed by atoms with Gasteiger partial charge in [0.15, 0.2) is 0 Å². The lowest BCUT2D eigenvalue weighted by Crippen LogP contribution is -2.60. The minimum atomic E-state index is -3.96. The Balaban J connectivity index is 2.31. The van der Waals surface area contributed by atoms with Gasteiger partial charge < -0.3 is 5.11 Å². The summed E-state index contributed by atoms with van der Waals surface area (Å²) >= 11 is 0. The Morgan fingerprint density at radius 1 is 1.40 bits per heavy atom. The standard InChI is InChI=1S/C14H16N4O6S/c1-10-8-16(9-12(6-7-15)17(10)14(19)20)25(23,24)13-4-2-11(3-5-13)18(21)22/h2-5,10,12H,6,8-9H2,1H3,(H,19,20)/t10-,12+/m1/s1. The fourth-order valence-corrected chi connectivity index (χ4v) is 4.40. The average molecular weight is 368 g/mol. The Hall–Kier alpha value is -2.71. The lowest BCUT2D eigenvalue weighted by Gasteiger charge is -2.42. The molecule has 0 saturated carbocycles. The predicted octanol–water partition coefficient (Wildman–Crippen LogP) is 1.25. The second-order valence-electron chi connectivity index (χ2n) is 5.63. The number of carboxylic acid groups (broad SMARTS) is 1. The number of carbonyl (C=O) groups is 1. The third-order valence-corrected chi connectivity index (χ3v) is 5.83. The molecule has 10 nitrogen and oxygen atoms in total. The number of nitrogens with zero attached hydrogens (tertiary/aromatic N) is 4. The van der Waals surface area contributed by atoms with Crippen LogP contribution in [-0.2, 0) is 10.0 Å². The van der Waals surface area contributed by atoms with Crippen molar-refractivity contribution in [2.45, 2.75) is 30.3 Å². The largest absolute Gasteiger partial charge is 0.465 e. The maximum Gasteiger partial charge on any atom is 0.407 e. The SMILES string of the molecule is C[C@@H]1CN(S(=O)(=O)c2ccc([N+](=O)[O-])cc2)C[C@H](CC#N)N1C(=O)O. The summed E-state index contributed by atoms with van der Waals surface area (Å²) in [5.41, 5.74) is -0.231. The summed E-state index contributed by atoms with van der Waals surface area (Å²) in [4.78, 5) is 22.4. The van der Waals surface area contributed by atoms with Crippen LogP contribution in [0.1, 0.15) is 13.3 Å². The minimum absolute atomic E-state index is 0.0620. The van der Waals surface area contributed by atoms with Crippen molar-refractivity contribution in [3.63, 3.8) is 0 Å². The van der Waals surface area contributed by atoms with Gasteiger partial charge in [0.05, 0.1) is 28.4 Å². The molecule has 2 rings (SSSR count). The molecule has 11 heteroatoms. The number of hydrogen-bond acceptors (Lipinski definition) is 6. The van der Waals surface area contributed by atoms with Crippen molar-refractivity contribution in [3.8, 4) is 6.07 Å². The van der Waals surface area contributed by atoms with Crippen LogP contribution in [0.25, 0.3) is 0 Å². The van der Waals surface area contributed by atoms with Gasteiger partial charge >= 0.3 is 6.09 Å². The Morgan fingerprint density at radius 3 is 2.48 bits per heavy atom. The summed E-state index contributed by atoms with van der Waals surface area (Å²) in [6, 6.07) is 4.93. The van der Waals surface area contributed by atoms with E-state index in [2.05, 4.69) is 0 Å². The van der Waals surface area contributed by atoms with Crippen LogP contribution in [0, 0.1) is 21.4 Å². The molecule has 1 N–H and O–H groups in total. The quantitative estimate of drug-likeness (QED) is 0.621. The lowest BCUT2D eigenvalue weighted by molar-refractivity contribution is -0.384. The Bertz CT molecular complexity index is 817. The van der Waals surface area contributed by atoms with E-state index >= 15 is 0 Å². The zero-order chi connectivity index (χ0) is 18.8. The summed E-state index contributed by atoms with van der Waals surface area (Å²) in [7, 11) is -3.96. The molecular formula is C14H16N4O6S. The molecule has 2 atom stereocenters. The topological polar surface area (TPSA) is 145 Å². The van der Waals surface area contributed by atoms with Crippen LogP contribution in [-0.4, -0.2) is 58.9 Å². The third kappa shape index (κ3) is 3.70. The Kier molecular flexibility index (Phi) is 5.24. The third-order valence-electron chi connectivity index (χ3n) is 3.98. The molecule has 0 bridgehead atoms. The fourth-order valence-electron chi connectivity index (χ4n) is 2.84. The van der Waals surface area contributed by atoms with E-state index in [9.17, 15) is 28.4 Å². The number of nitro groups is 1. The summed E-state index contributed by atoms with van der Waals surface area (Å²) in [5.74, 6) is 0. The summed E-state index contributed by atoms with van der Waals surface area (Å²) in [6.45, 7) is 1.35. The van der Waals surface area contributed by atoms with E-state index in [0.717, 1.165) is 33.5 Å². The number of amides is 1. The van der Waals surface area contributed by atoms with E-state index in [1.54, 1.807) is 6.92 Å². The van der Waals surface area contributed by atoms with Gasteiger partial charge in [-0.2, -0.15) is 9.57 Å². The van der Waals surface area contributed by atoms with E-state index in [-0.39, 0.29) is 30.1 Å². The molecule has 1 fully saturated rings. The van der Waals surface area contributed by atoms with Crippen LogP contribution >= 0.6 is 0 Å². The van der Waals surface area contributed by atoms with E-state index in [4.69, 9.17) is 5.26 Å². The first-order valence-electron chi connectivity index (χ1n) is 7.31. The number of non-ortho nitro benzene ring substituents is 1. The molecule has 1 aliphatic heterocycles. The van der Waals surface area contributed by atoms with Gasteiger partial charge in [-0.1, -0.05) is 0 Å². The maximum absolute atomic E-state index is 12.7. The van der Waals surface area contributed by atoms with Crippen molar-refractivity contribution >= 4 is 21.8 Å². The number of rotatable bonds is 4. The van der Waals surface area contributed by atoms with Crippen LogP contribution in [0.4, 0.5) is 10.5 Å². The van der Waals surface area contributed by atoms with Gasteiger partial charge in [-0.05, 0) is 19.1 Å². The maximum atomic E-state index is 12.7.